The Balaban J connectivity index is 1.91. The van der Waals surface area contributed by atoms with E-state index in [1.165, 1.54) is 32.5 Å². The van der Waals surface area contributed by atoms with Crippen molar-refractivity contribution in [2.75, 3.05) is 53.1 Å². The molecule has 1 heterocycles. The number of hydrogen-bond acceptors (Lipinski definition) is 4. The molecular formula is C13H28N2O2. The SMILES string of the molecule is CCC1CN(CCCCOCCOC)CCN1. The lowest BCUT2D eigenvalue weighted by Crippen LogP contribution is -2.50. The summed E-state index contributed by atoms with van der Waals surface area (Å²) in [6, 6.07) is 0.696. The molecule has 0 aromatic carbocycles. The summed E-state index contributed by atoms with van der Waals surface area (Å²) in [7, 11) is 1.71. The van der Waals surface area contributed by atoms with Crippen LogP contribution in [-0.2, 0) is 9.47 Å². The summed E-state index contributed by atoms with van der Waals surface area (Å²) in [5, 5.41) is 3.54. The first-order valence-corrected chi connectivity index (χ1v) is 6.89. The highest BCUT2D eigenvalue weighted by Crippen LogP contribution is 2.04. The van der Waals surface area contributed by atoms with Gasteiger partial charge in [0.1, 0.15) is 0 Å². The second-order valence-electron chi connectivity index (χ2n) is 4.67. The minimum absolute atomic E-state index is 0.696. The lowest BCUT2D eigenvalue weighted by Gasteiger charge is -2.33. The molecule has 0 radical (unpaired) electrons. The molecular weight excluding hydrogens is 216 g/mol. The van der Waals surface area contributed by atoms with Gasteiger partial charge >= 0.3 is 0 Å². The monoisotopic (exact) mass is 244 g/mol. The zero-order valence-electron chi connectivity index (χ0n) is 11.4. The van der Waals surface area contributed by atoms with E-state index >= 15 is 0 Å². The van der Waals surface area contributed by atoms with Crippen LogP contribution in [0.2, 0.25) is 0 Å². The Morgan fingerprint density at radius 2 is 2.12 bits per heavy atom. The van der Waals surface area contributed by atoms with E-state index in [9.17, 15) is 0 Å². The number of nitrogens with one attached hydrogen (secondary N) is 1. The van der Waals surface area contributed by atoms with E-state index in [0.717, 1.165) is 26.2 Å². The van der Waals surface area contributed by atoms with Gasteiger partial charge in [0.2, 0.25) is 0 Å². The number of ether oxygens (including phenoxy) is 2. The van der Waals surface area contributed by atoms with Crippen LogP contribution >= 0.6 is 0 Å². The number of nitrogens with zero attached hydrogens (tertiary/aromatic N) is 1. The molecule has 0 saturated carbocycles. The summed E-state index contributed by atoms with van der Waals surface area (Å²) in [5.41, 5.74) is 0. The molecule has 1 rings (SSSR count). The van der Waals surface area contributed by atoms with Crippen LogP contribution in [0.1, 0.15) is 26.2 Å². The van der Waals surface area contributed by atoms with Gasteiger partial charge < -0.3 is 19.7 Å². The Morgan fingerprint density at radius 3 is 2.88 bits per heavy atom. The van der Waals surface area contributed by atoms with Crippen LogP contribution in [-0.4, -0.2) is 64.1 Å². The fourth-order valence-electron chi connectivity index (χ4n) is 2.15. The summed E-state index contributed by atoms with van der Waals surface area (Å²) >= 11 is 0. The Morgan fingerprint density at radius 1 is 1.24 bits per heavy atom. The molecule has 4 nitrogen and oxygen atoms in total. The van der Waals surface area contributed by atoms with Crippen molar-refractivity contribution in [3.63, 3.8) is 0 Å². The maximum atomic E-state index is 5.45. The molecule has 0 amide bonds. The van der Waals surface area contributed by atoms with Gasteiger partial charge in [-0.05, 0) is 25.8 Å². The maximum Gasteiger partial charge on any atom is 0.0700 e. The highest BCUT2D eigenvalue weighted by atomic mass is 16.5. The van der Waals surface area contributed by atoms with Gasteiger partial charge in [0.05, 0.1) is 13.2 Å². The molecule has 1 atom stereocenters. The van der Waals surface area contributed by atoms with Crippen molar-refractivity contribution in [1.82, 2.24) is 10.2 Å². The van der Waals surface area contributed by atoms with Gasteiger partial charge in [-0.25, -0.2) is 0 Å². The first kappa shape index (κ1) is 14.9. The van der Waals surface area contributed by atoms with E-state index in [1.54, 1.807) is 7.11 Å². The van der Waals surface area contributed by atoms with E-state index in [4.69, 9.17) is 9.47 Å². The Kier molecular flexibility index (Phi) is 8.61. The molecule has 4 heteroatoms. The van der Waals surface area contributed by atoms with Crippen molar-refractivity contribution in [3.05, 3.63) is 0 Å². The van der Waals surface area contributed by atoms with E-state index in [1.807, 2.05) is 0 Å². The molecule has 0 bridgehead atoms. The summed E-state index contributed by atoms with van der Waals surface area (Å²) < 4.78 is 10.4. The van der Waals surface area contributed by atoms with Crippen molar-refractivity contribution in [3.8, 4) is 0 Å². The highest BCUT2D eigenvalue weighted by molar-refractivity contribution is 4.77. The van der Waals surface area contributed by atoms with Gasteiger partial charge in [-0.3, -0.25) is 0 Å². The molecule has 17 heavy (non-hydrogen) atoms. The van der Waals surface area contributed by atoms with Crippen molar-refractivity contribution in [2.24, 2.45) is 0 Å². The van der Waals surface area contributed by atoms with Crippen LogP contribution in [0.3, 0.4) is 0 Å². The maximum absolute atomic E-state index is 5.45. The molecule has 0 aliphatic carbocycles. The normalized spacial score (nSPS) is 21.9. The van der Waals surface area contributed by atoms with Gasteiger partial charge in [-0.2, -0.15) is 0 Å². The average Bonchev–Trinajstić information content (AvgIpc) is 2.38. The third-order valence-electron chi connectivity index (χ3n) is 3.28. The third kappa shape index (κ3) is 6.99. The molecule has 102 valence electrons. The summed E-state index contributed by atoms with van der Waals surface area (Å²) in [6.45, 7) is 9.31. The van der Waals surface area contributed by atoms with E-state index in [0.29, 0.717) is 12.6 Å². The van der Waals surface area contributed by atoms with Crippen LogP contribution in [0.4, 0.5) is 0 Å². The van der Waals surface area contributed by atoms with Gasteiger partial charge in [0, 0.05) is 39.4 Å². The Hall–Kier alpha value is -0.160. The summed E-state index contributed by atoms with van der Waals surface area (Å²) in [6.07, 6.45) is 3.63. The highest BCUT2D eigenvalue weighted by Gasteiger charge is 2.16. The zero-order valence-corrected chi connectivity index (χ0v) is 11.4. The van der Waals surface area contributed by atoms with Crippen LogP contribution in [0, 0.1) is 0 Å². The standard InChI is InChI=1S/C13H28N2O2/c1-3-13-12-15(8-6-14-13)7-4-5-9-17-11-10-16-2/h13-14H,3-12H2,1-2H3. The fraction of sp³-hybridized carbons (Fsp3) is 1.00. The first-order chi connectivity index (χ1) is 8.36. The molecule has 0 aromatic heterocycles. The molecule has 0 spiro atoms. The van der Waals surface area contributed by atoms with Gasteiger partial charge in [-0.1, -0.05) is 6.92 Å². The molecule has 1 aliphatic rings. The lowest BCUT2D eigenvalue weighted by molar-refractivity contribution is 0.0671. The van der Waals surface area contributed by atoms with Crippen LogP contribution in [0.5, 0.6) is 0 Å². The molecule has 1 fully saturated rings. The molecule has 1 saturated heterocycles. The lowest BCUT2D eigenvalue weighted by atomic mass is 10.1. The second-order valence-corrected chi connectivity index (χ2v) is 4.67. The topological polar surface area (TPSA) is 33.7 Å². The summed E-state index contributed by atoms with van der Waals surface area (Å²) in [5.74, 6) is 0. The fourth-order valence-corrected chi connectivity index (χ4v) is 2.15. The average molecular weight is 244 g/mol. The zero-order chi connectivity index (χ0) is 12.3. The largest absolute Gasteiger partial charge is 0.382 e. The number of rotatable bonds is 9. The number of unbranched alkanes of at least 4 members (excludes halogenated alkanes) is 1. The van der Waals surface area contributed by atoms with Crippen LogP contribution < -0.4 is 5.32 Å². The van der Waals surface area contributed by atoms with Gasteiger partial charge in [0.25, 0.3) is 0 Å². The number of hydrogen-bond donors (Lipinski definition) is 1. The van der Waals surface area contributed by atoms with E-state index < -0.39 is 0 Å². The summed E-state index contributed by atoms with van der Waals surface area (Å²) in [4.78, 5) is 2.57. The molecule has 1 N–H and O–H groups in total. The number of piperazine rings is 1. The predicted octanol–water partition coefficient (Wildman–Crippen LogP) is 1.11. The molecule has 1 aliphatic heterocycles. The minimum Gasteiger partial charge on any atom is -0.382 e. The molecule has 1 unspecified atom stereocenters. The van der Waals surface area contributed by atoms with E-state index in [2.05, 4.69) is 17.1 Å². The number of methoxy groups -OCH3 is 1. The predicted molar refractivity (Wildman–Crippen MR) is 70.5 cm³/mol. The smallest absolute Gasteiger partial charge is 0.0700 e. The van der Waals surface area contributed by atoms with Gasteiger partial charge in [-0.15, -0.1) is 0 Å². The Bertz CT molecular complexity index is 179. The molecule has 0 aromatic rings. The van der Waals surface area contributed by atoms with Crippen LogP contribution in [0.25, 0.3) is 0 Å². The van der Waals surface area contributed by atoms with Crippen molar-refractivity contribution < 1.29 is 9.47 Å². The Labute approximate surface area is 106 Å². The van der Waals surface area contributed by atoms with Crippen molar-refractivity contribution in [2.45, 2.75) is 32.2 Å². The first-order valence-electron chi connectivity index (χ1n) is 6.89. The second kappa shape index (κ2) is 9.83. The van der Waals surface area contributed by atoms with Crippen LogP contribution in [0.15, 0.2) is 0 Å². The van der Waals surface area contributed by atoms with Crippen molar-refractivity contribution in [1.29, 1.82) is 0 Å². The third-order valence-corrected chi connectivity index (χ3v) is 3.28. The van der Waals surface area contributed by atoms with E-state index in [-0.39, 0.29) is 0 Å². The van der Waals surface area contributed by atoms with Gasteiger partial charge in [0.15, 0.2) is 0 Å². The quantitative estimate of drug-likeness (QED) is 0.616. The minimum atomic E-state index is 0.696. The van der Waals surface area contributed by atoms with Crippen molar-refractivity contribution >= 4 is 0 Å².